The molecule has 0 unspecified atom stereocenters. The van der Waals surface area contributed by atoms with Crippen LogP contribution in [0.1, 0.15) is 36.7 Å². The first-order valence-electron chi connectivity index (χ1n) is 5.84. The Bertz CT molecular complexity index is 537. The second-order valence-corrected chi connectivity index (χ2v) is 4.76. The topological polar surface area (TPSA) is 30.7 Å². The number of alkyl halides is 1. The minimum absolute atomic E-state index is 0.240. The van der Waals surface area contributed by atoms with Crippen LogP contribution in [-0.2, 0) is 12.4 Å². The Labute approximate surface area is 111 Å². The van der Waals surface area contributed by atoms with Crippen LogP contribution in [0, 0.1) is 5.82 Å². The van der Waals surface area contributed by atoms with Gasteiger partial charge >= 0.3 is 0 Å². The van der Waals surface area contributed by atoms with Crippen LogP contribution in [0.25, 0.3) is 0 Å². The highest BCUT2D eigenvalue weighted by Gasteiger charge is 2.15. The van der Waals surface area contributed by atoms with Crippen molar-refractivity contribution in [3.05, 3.63) is 47.0 Å². The summed E-state index contributed by atoms with van der Waals surface area (Å²) in [5, 5.41) is 8.15. The molecule has 0 spiro atoms. The summed E-state index contributed by atoms with van der Waals surface area (Å²) < 4.78 is 14.9. The molecule has 18 heavy (non-hydrogen) atoms. The van der Waals surface area contributed by atoms with Gasteiger partial charge in [0.2, 0.25) is 0 Å². The number of halogens is 2. The predicted molar refractivity (Wildman–Crippen MR) is 69.2 cm³/mol. The van der Waals surface area contributed by atoms with Crippen LogP contribution in [0.3, 0.4) is 0 Å². The normalized spacial score (nSPS) is 11.2. The summed E-state index contributed by atoms with van der Waals surface area (Å²) in [6.45, 7) is 4.64. The van der Waals surface area contributed by atoms with Crippen molar-refractivity contribution in [1.82, 2.24) is 15.0 Å². The summed E-state index contributed by atoms with van der Waals surface area (Å²) in [5.74, 6) is 0.384. The van der Waals surface area contributed by atoms with Crippen molar-refractivity contribution in [3.63, 3.8) is 0 Å². The Hall–Kier alpha value is -1.42. The number of nitrogens with zero attached hydrogens (tertiary/aromatic N) is 3. The van der Waals surface area contributed by atoms with Gasteiger partial charge < -0.3 is 0 Å². The Morgan fingerprint density at radius 3 is 2.78 bits per heavy atom. The first kappa shape index (κ1) is 13.0. The average molecular weight is 268 g/mol. The van der Waals surface area contributed by atoms with Gasteiger partial charge in [-0.3, -0.25) is 0 Å². The van der Waals surface area contributed by atoms with Crippen molar-refractivity contribution in [1.29, 1.82) is 0 Å². The first-order valence-corrected chi connectivity index (χ1v) is 6.38. The smallest absolute Gasteiger partial charge is 0.123 e. The summed E-state index contributed by atoms with van der Waals surface area (Å²) in [7, 11) is 0. The molecule has 0 amide bonds. The van der Waals surface area contributed by atoms with Gasteiger partial charge in [0.05, 0.1) is 18.1 Å². The monoisotopic (exact) mass is 267 g/mol. The third kappa shape index (κ3) is 2.70. The molecule has 1 aromatic carbocycles. The highest BCUT2D eigenvalue weighted by Crippen LogP contribution is 2.20. The summed E-state index contributed by atoms with van der Waals surface area (Å²) >= 11 is 5.84. The zero-order valence-corrected chi connectivity index (χ0v) is 11.2. The number of rotatable bonds is 4. The summed E-state index contributed by atoms with van der Waals surface area (Å²) in [4.78, 5) is 0. The molecule has 0 N–H and O–H groups in total. The standard InChI is InChI=1S/C13H15ClFN3/c1-9(2)13-12(7-14)16-17-18(13)8-10-4-3-5-11(15)6-10/h3-6,9H,7-8H2,1-2H3. The van der Waals surface area contributed by atoms with Crippen molar-refractivity contribution in [2.75, 3.05) is 0 Å². The fourth-order valence-electron chi connectivity index (χ4n) is 2.01. The molecule has 2 rings (SSSR count). The van der Waals surface area contributed by atoms with Gasteiger partial charge in [-0.05, 0) is 23.6 Å². The maximum absolute atomic E-state index is 13.1. The molecule has 3 nitrogen and oxygen atoms in total. The molecule has 5 heteroatoms. The van der Waals surface area contributed by atoms with Gasteiger partial charge in [0, 0.05) is 0 Å². The van der Waals surface area contributed by atoms with Crippen molar-refractivity contribution >= 4 is 11.6 Å². The quantitative estimate of drug-likeness (QED) is 0.796. The fourth-order valence-corrected chi connectivity index (χ4v) is 2.20. The molecule has 0 atom stereocenters. The average Bonchev–Trinajstić information content (AvgIpc) is 2.72. The SMILES string of the molecule is CC(C)c1c(CCl)nnn1Cc1cccc(F)c1. The van der Waals surface area contributed by atoms with E-state index in [9.17, 15) is 4.39 Å². The predicted octanol–water partition coefficient (Wildman–Crippen LogP) is 3.33. The summed E-state index contributed by atoms with van der Waals surface area (Å²) in [6, 6.07) is 6.50. The Morgan fingerprint density at radius 2 is 2.17 bits per heavy atom. The van der Waals surface area contributed by atoms with Crippen molar-refractivity contribution in [2.45, 2.75) is 32.2 Å². The minimum Gasteiger partial charge on any atom is -0.244 e. The zero-order valence-electron chi connectivity index (χ0n) is 10.4. The van der Waals surface area contributed by atoms with Gasteiger partial charge in [0.25, 0.3) is 0 Å². The van der Waals surface area contributed by atoms with Gasteiger partial charge in [0.15, 0.2) is 0 Å². The molecular weight excluding hydrogens is 253 g/mol. The second kappa shape index (κ2) is 5.48. The lowest BCUT2D eigenvalue weighted by atomic mass is 10.1. The van der Waals surface area contributed by atoms with E-state index in [4.69, 9.17) is 11.6 Å². The molecule has 0 aliphatic heterocycles. The first-order chi connectivity index (χ1) is 8.61. The van der Waals surface area contributed by atoms with E-state index >= 15 is 0 Å². The molecule has 0 bridgehead atoms. The van der Waals surface area contributed by atoms with Gasteiger partial charge in [-0.2, -0.15) is 0 Å². The Kier molecular flexibility index (Phi) is 3.97. The molecule has 0 aliphatic carbocycles. The van der Waals surface area contributed by atoms with E-state index in [2.05, 4.69) is 24.2 Å². The lowest BCUT2D eigenvalue weighted by molar-refractivity contribution is 0.588. The van der Waals surface area contributed by atoms with E-state index in [0.29, 0.717) is 12.4 Å². The fraction of sp³-hybridized carbons (Fsp3) is 0.385. The Morgan fingerprint density at radius 1 is 1.39 bits per heavy atom. The van der Waals surface area contributed by atoms with Crippen LogP contribution in [0.15, 0.2) is 24.3 Å². The second-order valence-electron chi connectivity index (χ2n) is 4.50. The maximum atomic E-state index is 13.1. The summed E-state index contributed by atoms with van der Waals surface area (Å²) in [5.41, 5.74) is 2.67. The molecule has 1 heterocycles. The van der Waals surface area contributed by atoms with E-state index in [-0.39, 0.29) is 11.7 Å². The maximum Gasteiger partial charge on any atom is 0.123 e. The van der Waals surface area contributed by atoms with Crippen LogP contribution in [0.5, 0.6) is 0 Å². The summed E-state index contributed by atoms with van der Waals surface area (Å²) in [6.07, 6.45) is 0. The molecular formula is C13H15ClFN3. The van der Waals surface area contributed by atoms with Crippen molar-refractivity contribution in [2.24, 2.45) is 0 Å². The Balaban J connectivity index is 2.32. The van der Waals surface area contributed by atoms with E-state index in [1.807, 2.05) is 6.07 Å². The molecule has 96 valence electrons. The van der Waals surface area contributed by atoms with E-state index in [1.165, 1.54) is 12.1 Å². The molecule has 0 saturated carbocycles. The third-order valence-corrected chi connectivity index (χ3v) is 3.00. The van der Waals surface area contributed by atoms with Crippen LogP contribution in [0.2, 0.25) is 0 Å². The van der Waals surface area contributed by atoms with Crippen LogP contribution >= 0.6 is 11.6 Å². The zero-order chi connectivity index (χ0) is 13.1. The molecule has 0 saturated heterocycles. The van der Waals surface area contributed by atoms with Crippen LogP contribution in [0.4, 0.5) is 4.39 Å². The lowest BCUT2D eigenvalue weighted by Gasteiger charge is -2.10. The number of hydrogen-bond acceptors (Lipinski definition) is 2. The van der Waals surface area contributed by atoms with E-state index in [1.54, 1.807) is 10.7 Å². The van der Waals surface area contributed by atoms with E-state index in [0.717, 1.165) is 17.0 Å². The molecule has 0 aliphatic rings. The largest absolute Gasteiger partial charge is 0.244 e. The molecule has 2 aromatic rings. The highest BCUT2D eigenvalue weighted by molar-refractivity contribution is 6.16. The number of hydrogen-bond donors (Lipinski definition) is 0. The third-order valence-electron chi connectivity index (χ3n) is 2.74. The van der Waals surface area contributed by atoms with E-state index < -0.39 is 0 Å². The molecule has 1 aromatic heterocycles. The van der Waals surface area contributed by atoms with Gasteiger partial charge in [-0.1, -0.05) is 31.2 Å². The van der Waals surface area contributed by atoms with Crippen molar-refractivity contribution < 1.29 is 4.39 Å². The number of aromatic nitrogens is 3. The highest BCUT2D eigenvalue weighted by atomic mass is 35.5. The van der Waals surface area contributed by atoms with Crippen LogP contribution in [-0.4, -0.2) is 15.0 Å². The van der Waals surface area contributed by atoms with Crippen molar-refractivity contribution in [3.8, 4) is 0 Å². The lowest BCUT2D eigenvalue weighted by Crippen LogP contribution is -2.08. The minimum atomic E-state index is -0.240. The van der Waals surface area contributed by atoms with Gasteiger partial charge in [0.1, 0.15) is 11.5 Å². The van der Waals surface area contributed by atoms with Gasteiger partial charge in [-0.15, -0.1) is 16.7 Å². The van der Waals surface area contributed by atoms with Gasteiger partial charge in [-0.25, -0.2) is 9.07 Å². The van der Waals surface area contributed by atoms with Crippen LogP contribution < -0.4 is 0 Å². The molecule has 0 radical (unpaired) electrons. The molecule has 0 fully saturated rings. The number of benzene rings is 1.